The predicted molar refractivity (Wildman–Crippen MR) is 79.3 cm³/mol. The number of nitrogens with two attached hydrogens (primary N) is 1. The van der Waals surface area contributed by atoms with Crippen LogP contribution in [0.15, 0.2) is 24.3 Å². The third kappa shape index (κ3) is 3.26. The lowest BCUT2D eigenvalue weighted by Crippen LogP contribution is -2.56. The molecule has 0 atom stereocenters. The fourth-order valence-corrected chi connectivity index (χ4v) is 2.51. The first-order valence-electron chi connectivity index (χ1n) is 6.97. The summed E-state index contributed by atoms with van der Waals surface area (Å²) in [4.78, 5) is 4.75. The third-order valence-electron chi connectivity index (χ3n) is 4.06. The van der Waals surface area contributed by atoms with Crippen LogP contribution in [0.4, 0.5) is 5.69 Å². The number of aliphatic hydroxyl groups excluding tert-OH is 1. The Morgan fingerprint density at radius 2 is 1.68 bits per heavy atom. The molecule has 106 valence electrons. The molecule has 19 heavy (non-hydrogen) atoms. The standard InChI is InChI=1S/C15H25N3O/c1-15(2,12-19)18-9-7-17(8-10-18)14-5-3-13(11-16)4-6-14/h3-6,19H,7-12,16H2,1-2H3. The Hall–Kier alpha value is -1.10. The highest BCUT2D eigenvalue weighted by Crippen LogP contribution is 2.21. The first-order chi connectivity index (χ1) is 9.06. The molecule has 4 nitrogen and oxygen atoms in total. The maximum absolute atomic E-state index is 9.42. The van der Waals surface area contributed by atoms with E-state index < -0.39 is 0 Å². The van der Waals surface area contributed by atoms with Gasteiger partial charge < -0.3 is 15.7 Å². The summed E-state index contributed by atoms with van der Waals surface area (Å²) in [5.41, 5.74) is 7.93. The van der Waals surface area contributed by atoms with Crippen LogP contribution in [0.3, 0.4) is 0 Å². The number of nitrogens with zero attached hydrogens (tertiary/aromatic N) is 2. The van der Waals surface area contributed by atoms with Gasteiger partial charge in [0.25, 0.3) is 0 Å². The molecule has 0 aliphatic carbocycles. The summed E-state index contributed by atoms with van der Waals surface area (Å²) in [7, 11) is 0. The molecule has 1 aromatic rings. The Kier molecular flexibility index (Phi) is 4.45. The predicted octanol–water partition coefficient (Wildman–Crippen LogP) is 1.04. The number of hydrogen-bond acceptors (Lipinski definition) is 4. The molecule has 1 aromatic carbocycles. The molecule has 0 amide bonds. The molecule has 0 spiro atoms. The molecule has 1 fully saturated rings. The number of aliphatic hydroxyl groups is 1. The van der Waals surface area contributed by atoms with Gasteiger partial charge in [-0.05, 0) is 31.5 Å². The van der Waals surface area contributed by atoms with Gasteiger partial charge in [-0.1, -0.05) is 12.1 Å². The van der Waals surface area contributed by atoms with E-state index in [1.165, 1.54) is 11.3 Å². The fourth-order valence-electron chi connectivity index (χ4n) is 2.51. The first-order valence-corrected chi connectivity index (χ1v) is 6.97. The van der Waals surface area contributed by atoms with Crippen molar-refractivity contribution in [1.82, 2.24) is 4.90 Å². The molecular formula is C15H25N3O. The van der Waals surface area contributed by atoms with Crippen molar-refractivity contribution in [3.05, 3.63) is 29.8 Å². The number of hydrogen-bond donors (Lipinski definition) is 2. The van der Waals surface area contributed by atoms with Crippen molar-refractivity contribution in [2.45, 2.75) is 25.9 Å². The van der Waals surface area contributed by atoms with Crippen molar-refractivity contribution in [1.29, 1.82) is 0 Å². The molecule has 1 aliphatic rings. The van der Waals surface area contributed by atoms with Crippen LogP contribution in [-0.2, 0) is 6.54 Å². The molecule has 1 aliphatic heterocycles. The zero-order valence-electron chi connectivity index (χ0n) is 12.0. The van der Waals surface area contributed by atoms with E-state index in [9.17, 15) is 5.11 Å². The zero-order valence-corrected chi connectivity index (χ0v) is 12.0. The van der Waals surface area contributed by atoms with Gasteiger partial charge in [0, 0.05) is 44.0 Å². The molecule has 0 saturated carbocycles. The van der Waals surface area contributed by atoms with Crippen molar-refractivity contribution in [3.8, 4) is 0 Å². The van der Waals surface area contributed by atoms with Crippen molar-refractivity contribution in [2.24, 2.45) is 5.73 Å². The molecule has 4 heteroatoms. The highest BCUT2D eigenvalue weighted by molar-refractivity contribution is 5.48. The van der Waals surface area contributed by atoms with Crippen LogP contribution >= 0.6 is 0 Å². The molecule has 0 bridgehead atoms. The number of anilines is 1. The van der Waals surface area contributed by atoms with Gasteiger partial charge in [0.1, 0.15) is 0 Å². The van der Waals surface area contributed by atoms with E-state index in [-0.39, 0.29) is 12.1 Å². The van der Waals surface area contributed by atoms with E-state index in [4.69, 9.17) is 5.73 Å². The van der Waals surface area contributed by atoms with Gasteiger partial charge >= 0.3 is 0 Å². The van der Waals surface area contributed by atoms with Crippen LogP contribution < -0.4 is 10.6 Å². The second-order valence-electron chi connectivity index (χ2n) is 5.82. The van der Waals surface area contributed by atoms with E-state index >= 15 is 0 Å². The van der Waals surface area contributed by atoms with Crippen LogP contribution in [-0.4, -0.2) is 48.3 Å². The van der Waals surface area contributed by atoms with E-state index in [0.29, 0.717) is 6.54 Å². The lowest BCUT2D eigenvalue weighted by Gasteiger charge is -2.43. The molecule has 3 N–H and O–H groups in total. The third-order valence-corrected chi connectivity index (χ3v) is 4.06. The number of benzene rings is 1. The summed E-state index contributed by atoms with van der Waals surface area (Å²) in [5.74, 6) is 0. The second-order valence-corrected chi connectivity index (χ2v) is 5.82. The maximum atomic E-state index is 9.42. The summed E-state index contributed by atoms with van der Waals surface area (Å²) < 4.78 is 0. The Labute approximate surface area is 115 Å². The van der Waals surface area contributed by atoms with Gasteiger partial charge in [0.05, 0.1) is 6.61 Å². The average molecular weight is 263 g/mol. The minimum absolute atomic E-state index is 0.116. The fraction of sp³-hybridized carbons (Fsp3) is 0.600. The molecule has 0 unspecified atom stereocenters. The lowest BCUT2D eigenvalue weighted by molar-refractivity contribution is 0.0527. The smallest absolute Gasteiger partial charge is 0.0610 e. The van der Waals surface area contributed by atoms with Crippen LogP contribution in [0, 0.1) is 0 Å². The van der Waals surface area contributed by atoms with Gasteiger partial charge in [0.15, 0.2) is 0 Å². The van der Waals surface area contributed by atoms with Gasteiger partial charge in [-0.2, -0.15) is 0 Å². The minimum atomic E-state index is -0.116. The van der Waals surface area contributed by atoms with Gasteiger partial charge in [-0.25, -0.2) is 0 Å². The minimum Gasteiger partial charge on any atom is -0.394 e. The molecule has 0 radical (unpaired) electrons. The highest BCUT2D eigenvalue weighted by atomic mass is 16.3. The topological polar surface area (TPSA) is 52.7 Å². The van der Waals surface area contributed by atoms with E-state index in [2.05, 4.69) is 47.9 Å². The summed E-state index contributed by atoms with van der Waals surface area (Å²) >= 11 is 0. The zero-order chi connectivity index (χ0) is 13.9. The monoisotopic (exact) mass is 263 g/mol. The highest BCUT2D eigenvalue weighted by Gasteiger charge is 2.29. The van der Waals surface area contributed by atoms with E-state index in [0.717, 1.165) is 26.2 Å². The van der Waals surface area contributed by atoms with E-state index in [1.807, 2.05) is 0 Å². The van der Waals surface area contributed by atoms with Crippen LogP contribution in [0.5, 0.6) is 0 Å². The number of piperazine rings is 1. The van der Waals surface area contributed by atoms with Crippen molar-refractivity contribution >= 4 is 5.69 Å². The molecular weight excluding hydrogens is 238 g/mol. The summed E-state index contributed by atoms with van der Waals surface area (Å²) in [6.45, 7) is 8.99. The Morgan fingerprint density at radius 1 is 1.11 bits per heavy atom. The largest absolute Gasteiger partial charge is 0.394 e. The van der Waals surface area contributed by atoms with Crippen molar-refractivity contribution < 1.29 is 5.11 Å². The Balaban J connectivity index is 1.95. The summed E-state index contributed by atoms with van der Waals surface area (Å²) in [6, 6.07) is 8.49. The summed E-state index contributed by atoms with van der Waals surface area (Å²) in [6.07, 6.45) is 0. The molecule has 0 aromatic heterocycles. The lowest BCUT2D eigenvalue weighted by atomic mass is 10.0. The quantitative estimate of drug-likeness (QED) is 0.852. The Morgan fingerprint density at radius 3 is 2.16 bits per heavy atom. The van der Waals surface area contributed by atoms with Crippen LogP contribution in [0.25, 0.3) is 0 Å². The second kappa shape index (κ2) is 5.90. The first kappa shape index (κ1) is 14.3. The normalized spacial score (nSPS) is 17.8. The van der Waals surface area contributed by atoms with Gasteiger partial charge in [-0.3, -0.25) is 4.90 Å². The van der Waals surface area contributed by atoms with Crippen LogP contribution in [0.1, 0.15) is 19.4 Å². The average Bonchev–Trinajstić information content (AvgIpc) is 2.47. The van der Waals surface area contributed by atoms with E-state index in [1.54, 1.807) is 0 Å². The van der Waals surface area contributed by atoms with Crippen molar-refractivity contribution in [2.75, 3.05) is 37.7 Å². The Bertz CT molecular complexity index is 394. The summed E-state index contributed by atoms with van der Waals surface area (Å²) in [5, 5.41) is 9.42. The molecule has 1 saturated heterocycles. The van der Waals surface area contributed by atoms with Gasteiger partial charge in [0.2, 0.25) is 0 Å². The van der Waals surface area contributed by atoms with Crippen LogP contribution in [0.2, 0.25) is 0 Å². The van der Waals surface area contributed by atoms with Gasteiger partial charge in [-0.15, -0.1) is 0 Å². The maximum Gasteiger partial charge on any atom is 0.0610 e. The number of rotatable bonds is 4. The van der Waals surface area contributed by atoms with Crippen molar-refractivity contribution in [3.63, 3.8) is 0 Å². The molecule has 1 heterocycles. The SMILES string of the molecule is CC(C)(CO)N1CCN(c2ccc(CN)cc2)CC1. The molecule has 2 rings (SSSR count).